The minimum absolute atomic E-state index is 0.563. The molecule has 14 heavy (non-hydrogen) atoms. The molecule has 1 aliphatic heterocycles. The Morgan fingerprint density at radius 3 is 3.29 bits per heavy atom. The molecule has 3 nitrogen and oxygen atoms in total. The van der Waals surface area contributed by atoms with Crippen LogP contribution in [0, 0.1) is 0 Å². The maximum atomic E-state index is 5.96. The Kier molecular flexibility index (Phi) is 3.22. The van der Waals surface area contributed by atoms with Crippen LogP contribution < -0.4 is 10.6 Å². The van der Waals surface area contributed by atoms with Crippen molar-refractivity contribution in [2.75, 3.05) is 18.4 Å². The van der Waals surface area contributed by atoms with Crippen molar-refractivity contribution in [3.63, 3.8) is 0 Å². The van der Waals surface area contributed by atoms with Gasteiger partial charge in [0.2, 0.25) is 0 Å². The number of nitrogens with one attached hydrogen (secondary N) is 2. The lowest BCUT2D eigenvalue weighted by atomic mass is 10.2. The fourth-order valence-corrected chi connectivity index (χ4v) is 1.85. The number of hydrogen-bond donors (Lipinski definition) is 2. The summed E-state index contributed by atoms with van der Waals surface area (Å²) in [6.07, 6.45) is 4.25. The summed E-state index contributed by atoms with van der Waals surface area (Å²) in [7, 11) is 0. The van der Waals surface area contributed by atoms with E-state index >= 15 is 0 Å². The highest BCUT2D eigenvalue weighted by molar-refractivity contribution is 6.32. The topological polar surface area (TPSA) is 37.0 Å². The van der Waals surface area contributed by atoms with Gasteiger partial charge in [-0.1, -0.05) is 11.6 Å². The summed E-state index contributed by atoms with van der Waals surface area (Å²) in [4.78, 5) is 4.17. The number of nitrogens with zero attached hydrogens (tertiary/aromatic N) is 1. The molecule has 1 fully saturated rings. The van der Waals surface area contributed by atoms with E-state index in [1.165, 1.54) is 12.8 Å². The Balaban J connectivity index is 1.88. The summed E-state index contributed by atoms with van der Waals surface area (Å²) in [5, 5.41) is 7.35. The van der Waals surface area contributed by atoms with E-state index in [1.807, 2.05) is 12.1 Å². The molecule has 0 unspecified atom stereocenters. The number of pyridine rings is 1. The molecule has 1 atom stereocenters. The van der Waals surface area contributed by atoms with E-state index in [-0.39, 0.29) is 0 Å². The molecule has 0 radical (unpaired) electrons. The molecule has 76 valence electrons. The van der Waals surface area contributed by atoms with Crippen LogP contribution in [0.3, 0.4) is 0 Å². The molecular weight excluding hydrogens is 198 g/mol. The summed E-state index contributed by atoms with van der Waals surface area (Å²) in [5.74, 6) is 0.780. The standard InChI is InChI=1S/C10H14ClN3/c11-9-4-2-6-13-10(9)14-7-8-3-1-5-12-8/h2,4,6,8,12H,1,3,5,7H2,(H,13,14)/t8-/m1/s1. The van der Waals surface area contributed by atoms with Gasteiger partial charge in [-0.05, 0) is 31.5 Å². The molecule has 0 spiro atoms. The Bertz CT molecular complexity index is 297. The van der Waals surface area contributed by atoms with Crippen LogP contribution in [-0.2, 0) is 0 Å². The van der Waals surface area contributed by atoms with Crippen molar-refractivity contribution in [1.82, 2.24) is 10.3 Å². The highest BCUT2D eigenvalue weighted by Crippen LogP contribution is 2.17. The fraction of sp³-hybridized carbons (Fsp3) is 0.500. The van der Waals surface area contributed by atoms with Gasteiger partial charge in [-0.15, -0.1) is 0 Å². The number of aromatic nitrogens is 1. The van der Waals surface area contributed by atoms with E-state index in [9.17, 15) is 0 Å². The first kappa shape index (κ1) is 9.74. The van der Waals surface area contributed by atoms with Gasteiger partial charge in [0.25, 0.3) is 0 Å². The third-order valence-corrected chi connectivity index (χ3v) is 2.74. The molecule has 2 heterocycles. The van der Waals surface area contributed by atoms with Crippen molar-refractivity contribution < 1.29 is 0 Å². The molecule has 1 aromatic heterocycles. The maximum absolute atomic E-state index is 5.96. The van der Waals surface area contributed by atoms with Gasteiger partial charge < -0.3 is 10.6 Å². The molecule has 4 heteroatoms. The van der Waals surface area contributed by atoms with Crippen LogP contribution in [0.15, 0.2) is 18.3 Å². The van der Waals surface area contributed by atoms with Crippen LogP contribution in [-0.4, -0.2) is 24.1 Å². The Labute approximate surface area is 88.9 Å². The van der Waals surface area contributed by atoms with E-state index in [0.717, 1.165) is 18.9 Å². The van der Waals surface area contributed by atoms with Gasteiger partial charge in [0.1, 0.15) is 5.82 Å². The van der Waals surface area contributed by atoms with Crippen LogP contribution in [0.1, 0.15) is 12.8 Å². The molecular formula is C10H14ClN3. The average molecular weight is 212 g/mol. The Morgan fingerprint density at radius 2 is 2.57 bits per heavy atom. The molecule has 0 bridgehead atoms. The minimum Gasteiger partial charge on any atom is -0.367 e. The zero-order chi connectivity index (χ0) is 9.80. The van der Waals surface area contributed by atoms with Gasteiger partial charge in [-0.25, -0.2) is 4.98 Å². The second kappa shape index (κ2) is 4.62. The van der Waals surface area contributed by atoms with E-state index in [2.05, 4.69) is 15.6 Å². The van der Waals surface area contributed by atoms with Crippen LogP contribution in [0.25, 0.3) is 0 Å². The maximum Gasteiger partial charge on any atom is 0.144 e. The monoisotopic (exact) mass is 211 g/mol. The smallest absolute Gasteiger partial charge is 0.144 e. The lowest BCUT2D eigenvalue weighted by Crippen LogP contribution is -2.29. The van der Waals surface area contributed by atoms with Gasteiger partial charge in [0.05, 0.1) is 5.02 Å². The second-order valence-corrected chi connectivity index (χ2v) is 3.92. The molecule has 1 aromatic rings. The van der Waals surface area contributed by atoms with Crippen molar-refractivity contribution in [2.45, 2.75) is 18.9 Å². The van der Waals surface area contributed by atoms with Crippen molar-refractivity contribution in [1.29, 1.82) is 0 Å². The third-order valence-electron chi connectivity index (χ3n) is 2.44. The number of hydrogen-bond acceptors (Lipinski definition) is 3. The summed E-state index contributed by atoms with van der Waals surface area (Å²) in [6.45, 7) is 2.03. The Hall–Kier alpha value is -0.800. The van der Waals surface area contributed by atoms with Crippen LogP contribution >= 0.6 is 11.6 Å². The van der Waals surface area contributed by atoms with Gasteiger partial charge in [-0.3, -0.25) is 0 Å². The highest BCUT2D eigenvalue weighted by Gasteiger charge is 2.13. The molecule has 0 amide bonds. The summed E-state index contributed by atoms with van der Waals surface area (Å²) >= 11 is 5.96. The SMILES string of the molecule is Clc1cccnc1NC[C@H]1CCCN1. The summed E-state index contributed by atoms with van der Waals surface area (Å²) in [6, 6.07) is 4.24. The molecule has 0 aromatic carbocycles. The lowest BCUT2D eigenvalue weighted by Gasteiger charge is -2.12. The van der Waals surface area contributed by atoms with Crippen LogP contribution in [0.2, 0.25) is 5.02 Å². The number of halogens is 1. The van der Waals surface area contributed by atoms with E-state index < -0.39 is 0 Å². The van der Waals surface area contributed by atoms with E-state index in [4.69, 9.17) is 11.6 Å². The molecule has 0 aliphatic carbocycles. The highest BCUT2D eigenvalue weighted by atomic mass is 35.5. The lowest BCUT2D eigenvalue weighted by molar-refractivity contribution is 0.632. The number of anilines is 1. The minimum atomic E-state index is 0.563. The van der Waals surface area contributed by atoms with Crippen LogP contribution in [0.5, 0.6) is 0 Å². The largest absolute Gasteiger partial charge is 0.367 e. The molecule has 2 N–H and O–H groups in total. The predicted octanol–water partition coefficient (Wildman–Crippen LogP) is 1.90. The van der Waals surface area contributed by atoms with E-state index in [0.29, 0.717) is 11.1 Å². The quantitative estimate of drug-likeness (QED) is 0.802. The van der Waals surface area contributed by atoms with Gasteiger partial charge in [-0.2, -0.15) is 0 Å². The molecule has 1 saturated heterocycles. The first-order valence-electron chi connectivity index (χ1n) is 4.94. The van der Waals surface area contributed by atoms with E-state index in [1.54, 1.807) is 6.20 Å². The van der Waals surface area contributed by atoms with Gasteiger partial charge in [0, 0.05) is 18.8 Å². The van der Waals surface area contributed by atoms with Crippen molar-refractivity contribution >= 4 is 17.4 Å². The summed E-state index contributed by atoms with van der Waals surface area (Å²) in [5.41, 5.74) is 0. The van der Waals surface area contributed by atoms with Crippen LogP contribution in [0.4, 0.5) is 5.82 Å². The first-order valence-corrected chi connectivity index (χ1v) is 5.32. The van der Waals surface area contributed by atoms with Crippen molar-refractivity contribution in [2.24, 2.45) is 0 Å². The predicted molar refractivity (Wildman–Crippen MR) is 58.8 cm³/mol. The fourth-order valence-electron chi connectivity index (χ4n) is 1.67. The first-order chi connectivity index (χ1) is 6.86. The Morgan fingerprint density at radius 1 is 1.64 bits per heavy atom. The van der Waals surface area contributed by atoms with Gasteiger partial charge in [0.15, 0.2) is 0 Å². The molecule has 2 rings (SSSR count). The molecule has 0 saturated carbocycles. The normalized spacial score (nSPS) is 21.1. The van der Waals surface area contributed by atoms with Crippen molar-refractivity contribution in [3.05, 3.63) is 23.4 Å². The second-order valence-electron chi connectivity index (χ2n) is 3.51. The van der Waals surface area contributed by atoms with Gasteiger partial charge >= 0.3 is 0 Å². The summed E-state index contributed by atoms with van der Waals surface area (Å²) < 4.78 is 0. The third kappa shape index (κ3) is 2.36. The zero-order valence-corrected chi connectivity index (χ0v) is 8.72. The zero-order valence-electron chi connectivity index (χ0n) is 7.96. The number of rotatable bonds is 3. The van der Waals surface area contributed by atoms with Crippen molar-refractivity contribution in [3.8, 4) is 0 Å². The molecule has 1 aliphatic rings. The average Bonchev–Trinajstić information content (AvgIpc) is 2.69.